The van der Waals surface area contributed by atoms with Crippen LogP contribution in [-0.4, -0.2) is 31.8 Å². The lowest BCUT2D eigenvalue weighted by atomic mass is 10.1. The highest BCUT2D eigenvalue weighted by molar-refractivity contribution is 9.10. The van der Waals surface area contributed by atoms with Crippen molar-refractivity contribution in [2.24, 2.45) is 0 Å². The van der Waals surface area contributed by atoms with E-state index in [1.54, 1.807) is 6.92 Å². The van der Waals surface area contributed by atoms with Gasteiger partial charge >= 0.3 is 11.9 Å². The number of aromatic nitrogens is 2. The molecular weight excluding hydrogens is 292 g/mol. The molecule has 0 aliphatic rings. The summed E-state index contributed by atoms with van der Waals surface area (Å²) in [7, 11) is 0. The van der Waals surface area contributed by atoms with E-state index in [1.165, 1.54) is 16.6 Å². The average molecular weight is 299 g/mol. The Bertz CT molecular complexity index is 647. The van der Waals surface area contributed by atoms with Crippen molar-refractivity contribution < 1.29 is 19.8 Å². The van der Waals surface area contributed by atoms with Gasteiger partial charge in [-0.2, -0.15) is 5.10 Å². The smallest absolute Gasteiger partial charge is 0.339 e. The first kappa shape index (κ1) is 11.6. The molecule has 2 heterocycles. The summed E-state index contributed by atoms with van der Waals surface area (Å²) >= 11 is 3.16. The molecule has 2 aromatic heterocycles. The third-order valence-electron chi connectivity index (χ3n) is 2.33. The minimum Gasteiger partial charge on any atom is -0.478 e. The van der Waals surface area contributed by atoms with Crippen molar-refractivity contribution in [3.05, 3.63) is 33.6 Å². The molecule has 88 valence electrons. The van der Waals surface area contributed by atoms with Crippen molar-refractivity contribution in [3.63, 3.8) is 0 Å². The van der Waals surface area contributed by atoms with Gasteiger partial charge < -0.3 is 10.2 Å². The fraction of sp³-hybridized carbons (Fsp3) is 0.100. The highest BCUT2D eigenvalue weighted by Gasteiger charge is 2.19. The zero-order valence-corrected chi connectivity index (χ0v) is 10.2. The molecule has 0 saturated carbocycles. The van der Waals surface area contributed by atoms with Gasteiger partial charge in [0.15, 0.2) is 0 Å². The van der Waals surface area contributed by atoms with Crippen LogP contribution in [0.1, 0.15) is 26.4 Å². The van der Waals surface area contributed by atoms with E-state index in [1.807, 2.05) is 0 Å². The van der Waals surface area contributed by atoms with Gasteiger partial charge in [0.25, 0.3) is 0 Å². The van der Waals surface area contributed by atoms with Gasteiger partial charge in [-0.3, -0.25) is 0 Å². The van der Waals surface area contributed by atoms with E-state index in [2.05, 4.69) is 21.0 Å². The largest absolute Gasteiger partial charge is 0.478 e. The minimum absolute atomic E-state index is 0.00627. The molecule has 0 atom stereocenters. The van der Waals surface area contributed by atoms with Crippen molar-refractivity contribution in [2.45, 2.75) is 6.92 Å². The lowest BCUT2D eigenvalue weighted by Crippen LogP contribution is -2.02. The number of pyridine rings is 1. The minimum atomic E-state index is -1.13. The summed E-state index contributed by atoms with van der Waals surface area (Å²) in [6.45, 7) is 1.56. The molecule has 0 radical (unpaired) electrons. The van der Waals surface area contributed by atoms with Crippen LogP contribution in [0.3, 0.4) is 0 Å². The fourth-order valence-electron chi connectivity index (χ4n) is 1.61. The summed E-state index contributed by atoms with van der Waals surface area (Å²) in [5, 5.41) is 22.0. The molecule has 0 unspecified atom stereocenters. The van der Waals surface area contributed by atoms with E-state index < -0.39 is 11.9 Å². The van der Waals surface area contributed by atoms with Crippen LogP contribution in [0.25, 0.3) is 5.52 Å². The molecule has 0 aliphatic heterocycles. The van der Waals surface area contributed by atoms with Crippen molar-refractivity contribution in [1.29, 1.82) is 0 Å². The lowest BCUT2D eigenvalue weighted by molar-refractivity contribution is 0.0684. The first-order valence-electron chi connectivity index (χ1n) is 4.57. The van der Waals surface area contributed by atoms with Crippen LogP contribution in [0.15, 0.2) is 16.7 Å². The van der Waals surface area contributed by atoms with Gasteiger partial charge in [0.1, 0.15) is 10.2 Å². The Kier molecular flexibility index (Phi) is 2.62. The third kappa shape index (κ3) is 1.78. The number of fused-ring (bicyclic) bond motifs is 1. The van der Waals surface area contributed by atoms with E-state index in [0.29, 0.717) is 10.3 Å². The second-order valence-corrected chi connectivity index (χ2v) is 4.25. The van der Waals surface area contributed by atoms with E-state index >= 15 is 0 Å². The summed E-state index contributed by atoms with van der Waals surface area (Å²) in [4.78, 5) is 22.0. The predicted molar refractivity (Wildman–Crippen MR) is 61.5 cm³/mol. The number of carboxylic acid groups (broad SMARTS) is 2. The highest BCUT2D eigenvalue weighted by atomic mass is 79.9. The molecule has 0 aliphatic carbocycles. The van der Waals surface area contributed by atoms with Gasteiger partial charge in [-0.05, 0) is 35.0 Å². The van der Waals surface area contributed by atoms with E-state index in [0.717, 1.165) is 0 Å². The maximum atomic E-state index is 11.1. The molecule has 0 fully saturated rings. The summed E-state index contributed by atoms with van der Waals surface area (Å²) in [5.74, 6) is -2.25. The number of aryl methyl sites for hydroxylation is 1. The Morgan fingerprint density at radius 3 is 2.47 bits per heavy atom. The van der Waals surface area contributed by atoms with Crippen LogP contribution < -0.4 is 0 Å². The number of hydrogen-bond donors (Lipinski definition) is 2. The quantitative estimate of drug-likeness (QED) is 0.825. The second kappa shape index (κ2) is 3.85. The van der Waals surface area contributed by atoms with Crippen LogP contribution >= 0.6 is 15.9 Å². The molecule has 2 rings (SSSR count). The molecule has 0 bridgehead atoms. The first-order chi connectivity index (χ1) is 7.91. The Hall–Kier alpha value is -1.89. The fourth-order valence-corrected chi connectivity index (χ4v) is 2.12. The molecule has 17 heavy (non-hydrogen) atoms. The standard InChI is InChI=1S/C10H7BrN2O4/c1-4-8(10(16)17)6-2-5(9(14)15)3-7(11)13(6)12-4/h2-3H,1H3,(H,14,15)(H,16,17). The first-order valence-corrected chi connectivity index (χ1v) is 5.36. The van der Waals surface area contributed by atoms with Gasteiger partial charge in [0.2, 0.25) is 0 Å². The zero-order chi connectivity index (χ0) is 12.7. The van der Waals surface area contributed by atoms with Crippen LogP contribution in [-0.2, 0) is 0 Å². The highest BCUT2D eigenvalue weighted by Crippen LogP contribution is 2.22. The number of carboxylic acids is 2. The Labute approximate surface area is 104 Å². The van der Waals surface area contributed by atoms with Gasteiger partial charge in [0.05, 0.1) is 16.8 Å². The van der Waals surface area contributed by atoms with Crippen molar-refractivity contribution >= 4 is 33.4 Å². The predicted octanol–water partition coefficient (Wildman–Crippen LogP) is 1.80. The summed E-state index contributed by atoms with van der Waals surface area (Å²) in [5.41, 5.74) is 0.600. The molecule has 0 spiro atoms. The molecule has 0 saturated heterocycles. The van der Waals surface area contributed by atoms with E-state index in [-0.39, 0.29) is 16.6 Å². The van der Waals surface area contributed by atoms with Crippen LogP contribution in [0.4, 0.5) is 0 Å². The summed E-state index contributed by atoms with van der Waals surface area (Å²) in [6, 6.07) is 2.66. The van der Waals surface area contributed by atoms with Crippen molar-refractivity contribution in [1.82, 2.24) is 9.61 Å². The van der Waals surface area contributed by atoms with E-state index in [4.69, 9.17) is 10.2 Å². The number of nitrogens with zero attached hydrogens (tertiary/aromatic N) is 2. The zero-order valence-electron chi connectivity index (χ0n) is 8.64. The molecule has 2 N–H and O–H groups in total. The summed E-state index contributed by atoms with van der Waals surface area (Å²) in [6.07, 6.45) is 0. The number of rotatable bonds is 2. The van der Waals surface area contributed by atoms with Crippen LogP contribution in [0.5, 0.6) is 0 Å². The molecule has 2 aromatic rings. The van der Waals surface area contributed by atoms with Gasteiger partial charge in [-0.25, -0.2) is 14.1 Å². The molecule has 0 aromatic carbocycles. The molecule has 7 heteroatoms. The topological polar surface area (TPSA) is 91.9 Å². The number of aromatic carboxylic acids is 2. The average Bonchev–Trinajstić information content (AvgIpc) is 2.54. The lowest BCUT2D eigenvalue weighted by Gasteiger charge is -2.00. The number of carbonyl (C=O) groups is 2. The monoisotopic (exact) mass is 298 g/mol. The van der Waals surface area contributed by atoms with Gasteiger partial charge in [-0.1, -0.05) is 0 Å². The van der Waals surface area contributed by atoms with Gasteiger partial charge in [0, 0.05) is 0 Å². The van der Waals surface area contributed by atoms with Crippen LogP contribution in [0, 0.1) is 6.92 Å². The van der Waals surface area contributed by atoms with Crippen LogP contribution in [0.2, 0.25) is 0 Å². The Morgan fingerprint density at radius 2 is 1.94 bits per heavy atom. The Morgan fingerprint density at radius 1 is 1.29 bits per heavy atom. The maximum absolute atomic E-state index is 11.1. The van der Waals surface area contributed by atoms with Crippen molar-refractivity contribution in [2.75, 3.05) is 0 Å². The molecule has 6 nitrogen and oxygen atoms in total. The number of halogens is 1. The second-order valence-electron chi connectivity index (χ2n) is 3.43. The van der Waals surface area contributed by atoms with Crippen molar-refractivity contribution in [3.8, 4) is 0 Å². The molecular formula is C10H7BrN2O4. The normalized spacial score (nSPS) is 10.7. The summed E-state index contributed by atoms with van der Waals surface area (Å²) < 4.78 is 1.74. The Balaban J connectivity index is 2.89. The maximum Gasteiger partial charge on any atom is 0.339 e. The number of hydrogen-bond acceptors (Lipinski definition) is 3. The molecule has 0 amide bonds. The van der Waals surface area contributed by atoms with Gasteiger partial charge in [-0.15, -0.1) is 0 Å². The van der Waals surface area contributed by atoms with E-state index in [9.17, 15) is 9.59 Å². The SMILES string of the molecule is Cc1nn2c(Br)cc(C(=O)O)cc2c1C(=O)O. The third-order valence-corrected chi connectivity index (χ3v) is 2.89.